The van der Waals surface area contributed by atoms with Crippen molar-refractivity contribution >= 4 is 17.7 Å². The number of hydrogen-bond donors (Lipinski definition) is 1. The molecule has 2 rings (SSSR count). The first kappa shape index (κ1) is 15.0. The van der Waals surface area contributed by atoms with Crippen LogP contribution in [-0.2, 0) is 0 Å². The van der Waals surface area contributed by atoms with Gasteiger partial charge in [-0.2, -0.15) is 11.8 Å². The average Bonchev–Trinajstić information content (AvgIpc) is 2.48. The Morgan fingerprint density at radius 1 is 1.45 bits per heavy atom. The molecule has 0 saturated carbocycles. The first-order valence-corrected chi connectivity index (χ1v) is 7.86. The van der Waals surface area contributed by atoms with Gasteiger partial charge in [-0.05, 0) is 19.1 Å². The number of guanidine groups is 1. The van der Waals surface area contributed by atoms with Gasteiger partial charge >= 0.3 is 0 Å². The van der Waals surface area contributed by atoms with Crippen LogP contribution in [0, 0.1) is 5.82 Å². The minimum atomic E-state index is -0.357. The maximum Gasteiger partial charge on any atom is 0.191 e. The molecule has 0 radical (unpaired) electrons. The molecule has 0 aromatic heterocycles. The van der Waals surface area contributed by atoms with Gasteiger partial charge in [-0.1, -0.05) is 12.1 Å². The fourth-order valence-electron chi connectivity index (χ4n) is 1.91. The van der Waals surface area contributed by atoms with E-state index < -0.39 is 0 Å². The lowest BCUT2D eigenvalue weighted by atomic mass is 10.3. The summed E-state index contributed by atoms with van der Waals surface area (Å²) in [5.74, 6) is 2.61. The van der Waals surface area contributed by atoms with Crippen LogP contribution in [0.5, 0.6) is 5.75 Å². The summed E-state index contributed by atoms with van der Waals surface area (Å²) >= 11 is 1.93. The van der Waals surface area contributed by atoms with Crippen molar-refractivity contribution in [3.8, 4) is 5.75 Å². The van der Waals surface area contributed by atoms with Crippen molar-refractivity contribution in [2.24, 2.45) is 10.7 Å². The zero-order valence-corrected chi connectivity index (χ0v) is 12.4. The Morgan fingerprint density at radius 3 is 2.85 bits per heavy atom. The Labute approximate surface area is 123 Å². The highest BCUT2D eigenvalue weighted by molar-refractivity contribution is 7.99. The third-order valence-corrected chi connectivity index (χ3v) is 3.95. The van der Waals surface area contributed by atoms with Gasteiger partial charge in [0, 0.05) is 24.6 Å². The number of halogens is 1. The predicted molar refractivity (Wildman–Crippen MR) is 81.9 cm³/mol. The molecule has 1 saturated heterocycles. The van der Waals surface area contributed by atoms with Crippen LogP contribution >= 0.6 is 11.8 Å². The molecule has 1 atom stereocenters. The number of rotatable bonds is 4. The van der Waals surface area contributed by atoms with E-state index in [0.717, 1.165) is 24.6 Å². The highest BCUT2D eigenvalue weighted by Gasteiger charge is 2.13. The Morgan fingerprint density at radius 2 is 2.15 bits per heavy atom. The first-order chi connectivity index (χ1) is 9.66. The van der Waals surface area contributed by atoms with Gasteiger partial charge in [-0.25, -0.2) is 9.38 Å². The Balaban J connectivity index is 1.85. The largest absolute Gasteiger partial charge is 0.486 e. The SMILES string of the molecule is CC(CN=C(N)N1CCSCC1)Oc1ccccc1F. The van der Waals surface area contributed by atoms with Crippen LogP contribution in [0.25, 0.3) is 0 Å². The van der Waals surface area contributed by atoms with Gasteiger partial charge < -0.3 is 15.4 Å². The third-order valence-electron chi connectivity index (χ3n) is 3.01. The molecule has 0 spiro atoms. The summed E-state index contributed by atoms with van der Waals surface area (Å²) in [4.78, 5) is 6.41. The van der Waals surface area contributed by atoms with E-state index in [-0.39, 0.29) is 17.7 Å². The minimum Gasteiger partial charge on any atom is -0.486 e. The Bertz CT molecular complexity index is 463. The normalized spacial score (nSPS) is 17.9. The summed E-state index contributed by atoms with van der Waals surface area (Å²) in [6.45, 7) is 4.14. The number of nitrogens with two attached hydrogens (primary N) is 1. The van der Waals surface area contributed by atoms with Gasteiger partial charge in [-0.3, -0.25) is 0 Å². The summed E-state index contributed by atoms with van der Waals surface area (Å²) in [5, 5.41) is 0. The molecule has 4 nitrogen and oxygen atoms in total. The van der Waals surface area contributed by atoms with Crippen LogP contribution in [0.1, 0.15) is 6.92 Å². The van der Waals surface area contributed by atoms with Gasteiger partial charge in [0.2, 0.25) is 0 Å². The van der Waals surface area contributed by atoms with Gasteiger partial charge in [0.1, 0.15) is 6.10 Å². The number of thioether (sulfide) groups is 1. The van der Waals surface area contributed by atoms with Crippen molar-refractivity contribution in [1.82, 2.24) is 4.90 Å². The van der Waals surface area contributed by atoms with Crippen molar-refractivity contribution in [3.63, 3.8) is 0 Å². The first-order valence-electron chi connectivity index (χ1n) is 6.70. The molecule has 1 unspecified atom stereocenters. The number of hydrogen-bond acceptors (Lipinski definition) is 3. The van der Waals surface area contributed by atoms with Gasteiger partial charge in [0.15, 0.2) is 17.5 Å². The molecule has 0 amide bonds. The van der Waals surface area contributed by atoms with Crippen molar-refractivity contribution in [1.29, 1.82) is 0 Å². The Kier molecular flexibility index (Phi) is 5.52. The fraction of sp³-hybridized carbons (Fsp3) is 0.500. The molecule has 2 N–H and O–H groups in total. The van der Waals surface area contributed by atoms with Crippen molar-refractivity contribution in [2.75, 3.05) is 31.1 Å². The van der Waals surface area contributed by atoms with Crippen LogP contribution in [0.3, 0.4) is 0 Å². The molecule has 1 aromatic carbocycles. The van der Waals surface area contributed by atoms with E-state index in [1.165, 1.54) is 6.07 Å². The maximum absolute atomic E-state index is 13.4. The lowest BCUT2D eigenvalue weighted by Crippen LogP contribution is -2.43. The second-order valence-corrected chi connectivity index (χ2v) is 5.88. The van der Waals surface area contributed by atoms with Crippen LogP contribution < -0.4 is 10.5 Å². The van der Waals surface area contributed by atoms with Gasteiger partial charge in [0.25, 0.3) is 0 Å². The van der Waals surface area contributed by atoms with E-state index in [1.54, 1.807) is 18.2 Å². The van der Waals surface area contributed by atoms with Crippen LogP contribution in [0.15, 0.2) is 29.3 Å². The van der Waals surface area contributed by atoms with E-state index >= 15 is 0 Å². The van der Waals surface area contributed by atoms with E-state index in [0.29, 0.717) is 12.5 Å². The maximum atomic E-state index is 13.4. The molecular formula is C14H20FN3OS. The average molecular weight is 297 g/mol. The van der Waals surface area contributed by atoms with Gasteiger partial charge in [0.05, 0.1) is 6.54 Å². The number of ether oxygens (including phenoxy) is 1. The summed E-state index contributed by atoms with van der Waals surface area (Å²) in [7, 11) is 0. The van der Waals surface area contributed by atoms with Crippen molar-refractivity contribution in [3.05, 3.63) is 30.1 Å². The summed E-state index contributed by atoms with van der Waals surface area (Å²) in [6, 6.07) is 6.37. The third kappa shape index (κ3) is 4.30. The molecule has 1 fully saturated rings. The molecule has 20 heavy (non-hydrogen) atoms. The van der Waals surface area contributed by atoms with E-state index in [2.05, 4.69) is 9.89 Å². The van der Waals surface area contributed by atoms with Crippen molar-refractivity contribution in [2.45, 2.75) is 13.0 Å². The number of nitrogens with zero attached hydrogens (tertiary/aromatic N) is 2. The van der Waals surface area contributed by atoms with E-state index in [1.807, 2.05) is 18.7 Å². The van der Waals surface area contributed by atoms with Gasteiger partial charge in [-0.15, -0.1) is 0 Å². The van der Waals surface area contributed by atoms with Crippen molar-refractivity contribution < 1.29 is 9.13 Å². The fourth-order valence-corrected chi connectivity index (χ4v) is 2.81. The zero-order chi connectivity index (χ0) is 14.4. The second-order valence-electron chi connectivity index (χ2n) is 4.66. The topological polar surface area (TPSA) is 50.8 Å². The molecule has 110 valence electrons. The summed E-state index contributed by atoms with van der Waals surface area (Å²) < 4.78 is 19.0. The molecular weight excluding hydrogens is 277 g/mol. The van der Waals surface area contributed by atoms with Crippen LogP contribution in [0.4, 0.5) is 4.39 Å². The zero-order valence-electron chi connectivity index (χ0n) is 11.6. The lowest BCUT2D eigenvalue weighted by Gasteiger charge is -2.27. The molecule has 1 aliphatic heterocycles. The van der Waals surface area contributed by atoms with Crippen LogP contribution in [0.2, 0.25) is 0 Å². The number of aliphatic imine (C=N–C) groups is 1. The minimum absolute atomic E-state index is 0.218. The summed E-state index contributed by atoms with van der Waals surface area (Å²) in [6.07, 6.45) is -0.218. The quantitative estimate of drug-likeness (QED) is 0.682. The summed E-state index contributed by atoms with van der Waals surface area (Å²) in [5.41, 5.74) is 5.96. The monoisotopic (exact) mass is 297 g/mol. The highest BCUT2D eigenvalue weighted by atomic mass is 32.2. The molecule has 1 aromatic rings. The highest BCUT2D eigenvalue weighted by Crippen LogP contribution is 2.17. The molecule has 0 bridgehead atoms. The Hall–Kier alpha value is -1.43. The standard InChI is InChI=1S/C14H20FN3OS/c1-11(19-13-5-3-2-4-12(13)15)10-17-14(16)18-6-8-20-9-7-18/h2-5,11H,6-10H2,1H3,(H2,16,17). The van der Waals surface area contributed by atoms with E-state index in [4.69, 9.17) is 10.5 Å². The lowest BCUT2D eigenvalue weighted by molar-refractivity contribution is 0.219. The number of benzene rings is 1. The molecule has 1 heterocycles. The van der Waals surface area contributed by atoms with E-state index in [9.17, 15) is 4.39 Å². The predicted octanol–water partition coefficient (Wildman–Crippen LogP) is 1.96. The second kappa shape index (κ2) is 7.38. The van der Waals surface area contributed by atoms with Crippen LogP contribution in [-0.4, -0.2) is 48.1 Å². The number of para-hydroxylation sites is 1. The molecule has 6 heteroatoms. The molecule has 0 aliphatic carbocycles. The molecule has 1 aliphatic rings. The smallest absolute Gasteiger partial charge is 0.191 e.